The first-order valence-electron chi connectivity index (χ1n) is 15.2. The molecule has 53 heavy (non-hydrogen) atoms. The van der Waals surface area contributed by atoms with Crippen LogP contribution in [0.15, 0.2) is 63.8 Å². The maximum atomic E-state index is 13.7. The number of nitrogens with one attached hydrogen (secondary N) is 4. The first-order chi connectivity index (χ1) is 24.9. The van der Waals surface area contributed by atoms with Crippen LogP contribution in [0.1, 0.15) is 28.2 Å². The summed E-state index contributed by atoms with van der Waals surface area (Å²) in [5, 5.41) is 40.2. The molecular formula is C30H27N10NaO9S3. The van der Waals surface area contributed by atoms with Crippen LogP contribution < -0.4 is 56.2 Å². The second-order valence-corrected chi connectivity index (χ2v) is 14.1. The molecule has 19 nitrogen and oxygen atoms in total. The topological polar surface area (TPSA) is 267 Å². The molecule has 3 atom stereocenters. The second-order valence-electron chi connectivity index (χ2n) is 11.0. The summed E-state index contributed by atoms with van der Waals surface area (Å²) in [7, 11) is 1.63. The van der Waals surface area contributed by atoms with Gasteiger partial charge in [0.25, 0.3) is 11.5 Å². The number of carboxylic acid groups (broad SMARTS) is 1. The summed E-state index contributed by atoms with van der Waals surface area (Å²) in [5.74, 6) is -3.18. The van der Waals surface area contributed by atoms with Crippen LogP contribution in [0, 0.1) is 0 Å². The number of thiophene rings is 1. The number of carbonyl (C=O) groups excluding carboxylic acids is 5. The van der Waals surface area contributed by atoms with Crippen LogP contribution in [-0.4, -0.2) is 99.5 Å². The van der Waals surface area contributed by atoms with Gasteiger partial charge in [-0.25, -0.2) is 19.3 Å². The molecule has 1 saturated heterocycles. The number of urea groups is 1. The number of nitrogens with zero attached hydrogens (tertiary/aromatic N) is 6. The van der Waals surface area contributed by atoms with Crippen molar-refractivity contribution in [1.82, 2.24) is 45.7 Å². The molecule has 23 heteroatoms. The van der Waals surface area contributed by atoms with Crippen molar-refractivity contribution in [1.29, 1.82) is 0 Å². The third kappa shape index (κ3) is 8.57. The van der Waals surface area contributed by atoms with Crippen molar-refractivity contribution in [2.45, 2.75) is 29.5 Å². The minimum atomic E-state index is -1.55. The Morgan fingerprint density at radius 2 is 1.92 bits per heavy atom. The SMILES string of the molecule is CCOC(=O)c1ccc(-c2ncc(NC(=O)NC(C(=O)NC3C(=O)N4C(C(=O)[O-])=C(CSc5nnnn5C)CS[C@@H]34)c3ccc(O)cc3)c(=O)[nH]2)s1.[Na+]. The number of carboxylic acids is 1. The van der Waals surface area contributed by atoms with Crippen molar-refractivity contribution in [3.05, 3.63) is 74.7 Å². The van der Waals surface area contributed by atoms with Crippen LogP contribution in [0.2, 0.25) is 0 Å². The number of hydrogen-bond acceptors (Lipinski definition) is 16. The summed E-state index contributed by atoms with van der Waals surface area (Å²) in [6, 6.07) is 4.91. The van der Waals surface area contributed by atoms with E-state index in [1.165, 1.54) is 58.5 Å². The fraction of sp³-hybridized carbons (Fsp3) is 0.267. The number of benzene rings is 1. The predicted molar refractivity (Wildman–Crippen MR) is 184 cm³/mol. The summed E-state index contributed by atoms with van der Waals surface area (Å²) in [5.41, 5.74) is -0.646. The van der Waals surface area contributed by atoms with Gasteiger partial charge in [-0.15, -0.1) is 28.2 Å². The number of amides is 4. The van der Waals surface area contributed by atoms with E-state index in [0.29, 0.717) is 20.5 Å². The number of aryl methyl sites for hydroxylation is 1. The number of aromatic hydroxyl groups is 1. The minimum absolute atomic E-state index is 0. The number of H-pyrrole nitrogens is 1. The molecule has 1 aromatic carbocycles. The Labute approximate surface area is 333 Å². The maximum Gasteiger partial charge on any atom is 1.00 e. The number of rotatable bonds is 12. The molecule has 6 rings (SSSR count). The number of phenolic OH excluding ortho intramolecular Hbond substituents is 1. The smallest absolute Gasteiger partial charge is 0.543 e. The Morgan fingerprint density at radius 3 is 2.58 bits per heavy atom. The molecule has 2 aliphatic rings. The Bertz CT molecular complexity index is 2160. The van der Waals surface area contributed by atoms with Crippen LogP contribution >= 0.6 is 34.9 Å². The van der Waals surface area contributed by atoms with Crippen molar-refractivity contribution in [2.75, 3.05) is 23.4 Å². The molecule has 0 spiro atoms. The molecule has 0 radical (unpaired) electrons. The van der Waals surface area contributed by atoms with Crippen LogP contribution in [-0.2, 0) is 26.2 Å². The fourth-order valence-corrected chi connectivity index (χ4v) is 8.34. The van der Waals surface area contributed by atoms with Gasteiger partial charge in [0, 0.05) is 18.6 Å². The standard InChI is InChI=1S/C30H28N10O9S3.Na/c1-3-49-28(47)18-9-8-17(52-18)22-31-10-16(23(42)35-22)32-29(48)34-19(13-4-6-15(41)7-5-13)24(43)33-20-25(44)40-21(27(45)46)14(11-50-26(20)40)12-51-30-36-37-38-39(30)2;/h4-10,19-20,26,41H,3,11-12H2,1-2H3,(H,33,43)(H,45,46)(H,31,35,42)(H2,32,34,48);/q;+1/p-1/t19?,20?,26-;/m0./s1. The number of carbonyl (C=O) groups is 5. The largest absolute Gasteiger partial charge is 1.00 e. The molecule has 4 amide bonds. The van der Waals surface area contributed by atoms with Crippen LogP contribution in [0.25, 0.3) is 10.7 Å². The third-order valence-electron chi connectivity index (χ3n) is 7.62. The number of aromatic nitrogens is 6. The number of esters is 1. The second kappa shape index (κ2) is 16.9. The monoisotopic (exact) mass is 790 g/mol. The van der Waals surface area contributed by atoms with Gasteiger partial charge in [-0.3, -0.25) is 19.3 Å². The molecule has 2 aliphatic heterocycles. The number of anilines is 1. The number of ether oxygens (including phenoxy) is 1. The van der Waals surface area contributed by atoms with Gasteiger partial charge in [-0.2, -0.15) is 0 Å². The number of hydrogen-bond donors (Lipinski definition) is 5. The van der Waals surface area contributed by atoms with E-state index < -0.39 is 52.8 Å². The number of tetrazole rings is 1. The number of phenols is 1. The summed E-state index contributed by atoms with van der Waals surface area (Å²) in [6.07, 6.45) is 1.11. The Hall–Kier alpha value is -4.74. The first kappa shape index (κ1) is 39.5. The van der Waals surface area contributed by atoms with Crippen LogP contribution in [0.5, 0.6) is 5.75 Å². The number of aliphatic carboxylic acids is 1. The van der Waals surface area contributed by atoms with E-state index in [-0.39, 0.29) is 76.2 Å². The van der Waals surface area contributed by atoms with Gasteiger partial charge in [0.2, 0.25) is 11.1 Å². The predicted octanol–water partition coefficient (Wildman–Crippen LogP) is -3.03. The van der Waals surface area contributed by atoms with E-state index in [1.54, 1.807) is 20.0 Å². The van der Waals surface area contributed by atoms with E-state index in [0.717, 1.165) is 22.4 Å². The molecule has 5 N–H and O–H groups in total. The van der Waals surface area contributed by atoms with Crippen molar-refractivity contribution < 1.29 is 68.5 Å². The van der Waals surface area contributed by atoms with Gasteiger partial charge < -0.3 is 40.7 Å². The quantitative estimate of drug-likeness (QED) is 0.0414. The molecule has 0 bridgehead atoms. The van der Waals surface area contributed by atoms with Gasteiger partial charge in [0.05, 0.1) is 29.3 Å². The zero-order valence-corrected chi connectivity index (χ0v) is 32.5. The average molecular weight is 791 g/mol. The minimum Gasteiger partial charge on any atom is -0.543 e. The number of aromatic amines is 1. The molecule has 0 aliphatic carbocycles. The van der Waals surface area contributed by atoms with E-state index in [1.807, 2.05) is 0 Å². The van der Waals surface area contributed by atoms with Gasteiger partial charge in [0.1, 0.15) is 39.6 Å². The zero-order valence-electron chi connectivity index (χ0n) is 28.0. The molecule has 5 heterocycles. The Morgan fingerprint density at radius 1 is 1.17 bits per heavy atom. The first-order valence-corrected chi connectivity index (χ1v) is 18.1. The summed E-state index contributed by atoms with van der Waals surface area (Å²) in [4.78, 5) is 85.7. The van der Waals surface area contributed by atoms with Crippen molar-refractivity contribution in [3.63, 3.8) is 0 Å². The summed E-state index contributed by atoms with van der Waals surface area (Å²) < 4.78 is 6.40. The maximum absolute atomic E-state index is 13.7. The number of β-lactam (4-membered cyclic amide) rings is 1. The molecule has 1 fully saturated rings. The van der Waals surface area contributed by atoms with E-state index in [2.05, 4.69) is 41.4 Å². The van der Waals surface area contributed by atoms with Crippen molar-refractivity contribution in [2.24, 2.45) is 7.05 Å². The van der Waals surface area contributed by atoms with E-state index >= 15 is 0 Å². The van der Waals surface area contributed by atoms with Gasteiger partial charge in [-0.05, 0) is 52.8 Å². The van der Waals surface area contributed by atoms with Gasteiger partial charge in [0.15, 0.2) is 0 Å². The molecule has 3 aromatic heterocycles. The summed E-state index contributed by atoms with van der Waals surface area (Å²) >= 11 is 3.48. The normalized spacial score (nSPS) is 16.8. The van der Waals surface area contributed by atoms with E-state index in [4.69, 9.17) is 4.74 Å². The van der Waals surface area contributed by atoms with Crippen molar-refractivity contribution in [3.8, 4) is 16.5 Å². The molecule has 0 saturated carbocycles. The zero-order chi connectivity index (χ0) is 37.1. The Kier molecular flexibility index (Phi) is 12.6. The fourth-order valence-electron chi connectivity index (χ4n) is 5.16. The van der Waals surface area contributed by atoms with E-state index in [9.17, 15) is 39.0 Å². The number of thioether (sulfide) groups is 2. The molecular weight excluding hydrogens is 764 g/mol. The van der Waals surface area contributed by atoms with Gasteiger partial charge >= 0.3 is 41.6 Å². The summed E-state index contributed by atoms with van der Waals surface area (Å²) in [6.45, 7) is 1.88. The van der Waals surface area contributed by atoms with Crippen LogP contribution in [0.4, 0.5) is 10.5 Å². The Balaban J connectivity index is 0.00000541. The number of fused-ring (bicyclic) bond motifs is 1. The molecule has 4 aromatic rings. The van der Waals surface area contributed by atoms with Gasteiger partial charge in [-0.1, -0.05) is 23.9 Å². The average Bonchev–Trinajstić information content (AvgIpc) is 3.79. The molecule has 2 unspecified atom stereocenters. The van der Waals surface area contributed by atoms with Crippen LogP contribution in [0.3, 0.4) is 0 Å². The third-order valence-corrected chi connectivity index (χ3v) is 11.1. The van der Waals surface area contributed by atoms with Crippen molar-refractivity contribution >= 4 is 70.3 Å². The molecule has 270 valence electrons.